The Bertz CT molecular complexity index is 1050. The molecule has 0 aliphatic heterocycles. The number of nitrogens with one attached hydrogen (secondary N) is 2. The summed E-state index contributed by atoms with van der Waals surface area (Å²) in [4.78, 5) is 20.9. The highest BCUT2D eigenvalue weighted by atomic mass is 16.5. The Morgan fingerprint density at radius 2 is 1.75 bits per heavy atom. The van der Waals surface area contributed by atoms with Crippen molar-refractivity contribution in [3.05, 3.63) is 89.1 Å². The molecule has 2 N–H and O–H groups in total. The Balaban J connectivity index is 1.50. The highest BCUT2D eigenvalue weighted by Crippen LogP contribution is 2.22. The molecule has 0 radical (unpaired) electrons. The number of ether oxygens (including phenoxy) is 1. The molecular formula is C25H30N4O3. The molecule has 3 rings (SSSR count). The van der Waals surface area contributed by atoms with Crippen LogP contribution >= 0.6 is 0 Å². The third kappa shape index (κ3) is 6.70. The maximum Gasteiger partial charge on any atom is 0.338 e. The second-order valence-electron chi connectivity index (χ2n) is 8.41. The monoisotopic (exact) mass is 434 g/mol. The molecule has 0 amide bonds. The van der Waals surface area contributed by atoms with E-state index in [0.29, 0.717) is 30.5 Å². The van der Waals surface area contributed by atoms with Crippen LogP contribution in [0.5, 0.6) is 0 Å². The van der Waals surface area contributed by atoms with Crippen molar-refractivity contribution in [3.63, 3.8) is 0 Å². The van der Waals surface area contributed by atoms with Crippen LogP contribution in [0.4, 0.5) is 0 Å². The van der Waals surface area contributed by atoms with Crippen LogP contribution in [-0.2, 0) is 29.8 Å². The zero-order chi connectivity index (χ0) is 23.0. The molecule has 2 aromatic carbocycles. The van der Waals surface area contributed by atoms with E-state index < -0.39 is 0 Å². The van der Waals surface area contributed by atoms with Gasteiger partial charge in [-0.3, -0.25) is 4.99 Å². The van der Waals surface area contributed by atoms with E-state index in [0.717, 1.165) is 16.9 Å². The summed E-state index contributed by atoms with van der Waals surface area (Å²) in [5.74, 6) is 1.70. The molecule has 7 heteroatoms. The van der Waals surface area contributed by atoms with Gasteiger partial charge in [0.15, 0.2) is 5.96 Å². The lowest BCUT2D eigenvalue weighted by Crippen LogP contribution is -2.36. The lowest BCUT2D eigenvalue weighted by atomic mass is 9.94. The molecule has 32 heavy (non-hydrogen) atoms. The second-order valence-corrected chi connectivity index (χ2v) is 8.41. The maximum atomic E-state index is 12.4. The molecule has 0 atom stereocenters. The van der Waals surface area contributed by atoms with E-state index >= 15 is 0 Å². The van der Waals surface area contributed by atoms with Gasteiger partial charge in [0.1, 0.15) is 12.4 Å². The van der Waals surface area contributed by atoms with E-state index in [1.54, 1.807) is 19.3 Å². The molecule has 0 saturated carbocycles. The third-order valence-corrected chi connectivity index (χ3v) is 4.76. The summed E-state index contributed by atoms with van der Waals surface area (Å²) in [5.41, 5.74) is 2.32. The topological polar surface area (TPSA) is 88.8 Å². The number of aromatic nitrogens is 1. The van der Waals surface area contributed by atoms with Gasteiger partial charge in [-0.25, -0.2) is 9.78 Å². The predicted molar refractivity (Wildman–Crippen MR) is 124 cm³/mol. The first kappa shape index (κ1) is 23.1. The van der Waals surface area contributed by atoms with Crippen LogP contribution < -0.4 is 10.6 Å². The quantitative estimate of drug-likeness (QED) is 0.329. The number of carbonyl (C=O) groups is 1. The fourth-order valence-electron chi connectivity index (χ4n) is 2.92. The molecule has 1 aromatic heterocycles. The second kappa shape index (κ2) is 10.6. The zero-order valence-corrected chi connectivity index (χ0v) is 19.0. The van der Waals surface area contributed by atoms with Gasteiger partial charge in [0.2, 0.25) is 5.89 Å². The lowest BCUT2D eigenvalue weighted by molar-refractivity contribution is 0.0472. The minimum absolute atomic E-state index is 0.0849. The molecule has 168 valence electrons. The Morgan fingerprint density at radius 3 is 2.44 bits per heavy atom. The first-order valence-electron chi connectivity index (χ1n) is 10.5. The SMILES string of the molecule is CN=C(NCc1cccc(C(=O)OCc2ccccc2)c1)NCc1ncc(C(C)(C)C)o1. The molecule has 1 heterocycles. The lowest BCUT2D eigenvalue weighted by Gasteiger charge is -2.13. The van der Waals surface area contributed by atoms with E-state index in [1.807, 2.05) is 48.5 Å². The molecule has 0 aliphatic rings. The molecule has 0 spiro atoms. The van der Waals surface area contributed by atoms with Gasteiger partial charge in [-0.15, -0.1) is 0 Å². The number of nitrogens with zero attached hydrogens (tertiary/aromatic N) is 2. The number of rotatable bonds is 7. The first-order valence-corrected chi connectivity index (χ1v) is 10.5. The van der Waals surface area contributed by atoms with Crippen LogP contribution in [0.15, 0.2) is 70.2 Å². The molecule has 0 saturated heterocycles. The van der Waals surface area contributed by atoms with Gasteiger partial charge >= 0.3 is 5.97 Å². The van der Waals surface area contributed by atoms with Crippen molar-refractivity contribution in [2.24, 2.45) is 4.99 Å². The smallest absolute Gasteiger partial charge is 0.338 e. The van der Waals surface area contributed by atoms with Crippen LogP contribution in [0.25, 0.3) is 0 Å². The third-order valence-electron chi connectivity index (χ3n) is 4.76. The Labute approximate surface area is 188 Å². The minimum Gasteiger partial charge on any atom is -0.457 e. The summed E-state index contributed by atoms with van der Waals surface area (Å²) >= 11 is 0. The van der Waals surface area contributed by atoms with Gasteiger partial charge < -0.3 is 19.8 Å². The fraction of sp³-hybridized carbons (Fsp3) is 0.320. The van der Waals surface area contributed by atoms with Crippen LogP contribution in [0.1, 0.15) is 53.9 Å². The van der Waals surface area contributed by atoms with Crippen LogP contribution in [-0.4, -0.2) is 24.0 Å². The van der Waals surface area contributed by atoms with Crippen LogP contribution in [0, 0.1) is 0 Å². The fourth-order valence-corrected chi connectivity index (χ4v) is 2.92. The number of hydrogen-bond acceptors (Lipinski definition) is 5. The number of aliphatic imine (C=N–C) groups is 1. The maximum absolute atomic E-state index is 12.4. The van der Waals surface area contributed by atoms with E-state index in [-0.39, 0.29) is 18.0 Å². The van der Waals surface area contributed by atoms with Gasteiger partial charge in [0.05, 0.1) is 18.3 Å². The summed E-state index contributed by atoms with van der Waals surface area (Å²) in [5, 5.41) is 6.42. The largest absolute Gasteiger partial charge is 0.457 e. The summed E-state index contributed by atoms with van der Waals surface area (Å²) in [7, 11) is 1.70. The molecular weight excluding hydrogens is 404 g/mol. The van der Waals surface area contributed by atoms with Gasteiger partial charge in [0.25, 0.3) is 0 Å². The summed E-state index contributed by atoms with van der Waals surface area (Å²) in [6.07, 6.45) is 1.76. The Hall–Kier alpha value is -3.61. The normalized spacial score (nSPS) is 11.8. The van der Waals surface area contributed by atoms with Crippen molar-refractivity contribution in [2.45, 2.75) is 45.9 Å². The summed E-state index contributed by atoms with van der Waals surface area (Å²) < 4.78 is 11.2. The molecule has 0 aliphatic carbocycles. The number of oxazole rings is 1. The Kier molecular flexibility index (Phi) is 7.65. The van der Waals surface area contributed by atoms with E-state index in [9.17, 15) is 4.79 Å². The van der Waals surface area contributed by atoms with E-state index in [2.05, 4.69) is 41.4 Å². The average Bonchev–Trinajstić information content (AvgIpc) is 3.28. The number of esters is 1. The standard InChI is InChI=1S/C25H30N4O3/c1-25(2,3)21-15-27-22(32-21)16-29-24(26-4)28-14-19-11-8-12-20(13-19)23(30)31-17-18-9-6-5-7-10-18/h5-13,15H,14,16-17H2,1-4H3,(H2,26,28,29). The van der Waals surface area contributed by atoms with Gasteiger partial charge in [0, 0.05) is 19.0 Å². The van der Waals surface area contributed by atoms with Gasteiger partial charge in [-0.05, 0) is 23.3 Å². The number of guanidine groups is 1. The molecule has 0 fully saturated rings. The minimum atomic E-state index is -0.350. The molecule has 3 aromatic rings. The average molecular weight is 435 g/mol. The van der Waals surface area contributed by atoms with Crippen molar-refractivity contribution in [3.8, 4) is 0 Å². The highest BCUT2D eigenvalue weighted by molar-refractivity contribution is 5.89. The van der Waals surface area contributed by atoms with Crippen molar-refractivity contribution >= 4 is 11.9 Å². The van der Waals surface area contributed by atoms with Crippen LogP contribution in [0.2, 0.25) is 0 Å². The van der Waals surface area contributed by atoms with E-state index in [4.69, 9.17) is 9.15 Å². The van der Waals surface area contributed by atoms with E-state index in [1.165, 1.54) is 0 Å². The molecule has 0 bridgehead atoms. The van der Waals surface area contributed by atoms with Crippen molar-refractivity contribution in [1.82, 2.24) is 15.6 Å². The van der Waals surface area contributed by atoms with Crippen molar-refractivity contribution in [1.29, 1.82) is 0 Å². The number of benzene rings is 2. The number of hydrogen-bond donors (Lipinski definition) is 2. The molecule has 0 unspecified atom stereocenters. The summed E-state index contributed by atoms with van der Waals surface area (Å²) in [6, 6.07) is 17.0. The summed E-state index contributed by atoms with van der Waals surface area (Å²) in [6.45, 7) is 7.40. The Morgan fingerprint density at radius 1 is 1.03 bits per heavy atom. The zero-order valence-electron chi connectivity index (χ0n) is 19.0. The number of carbonyl (C=O) groups excluding carboxylic acids is 1. The van der Waals surface area contributed by atoms with Gasteiger partial charge in [-0.2, -0.15) is 0 Å². The predicted octanol–water partition coefficient (Wildman–Crippen LogP) is 4.19. The first-order chi connectivity index (χ1) is 15.3. The van der Waals surface area contributed by atoms with Gasteiger partial charge in [-0.1, -0.05) is 63.2 Å². The van der Waals surface area contributed by atoms with Crippen molar-refractivity contribution < 1.29 is 13.9 Å². The van der Waals surface area contributed by atoms with Crippen molar-refractivity contribution in [2.75, 3.05) is 7.05 Å². The highest BCUT2D eigenvalue weighted by Gasteiger charge is 2.19. The molecule has 7 nitrogen and oxygen atoms in total. The van der Waals surface area contributed by atoms with Crippen LogP contribution in [0.3, 0.4) is 0 Å².